The van der Waals surface area contributed by atoms with Crippen LogP contribution in [0, 0.1) is 5.92 Å². The number of hydrogen-bond donors (Lipinski definition) is 1. The van der Waals surface area contributed by atoms with E-state index in [9.17, 15) is 19.2 Å². The van der Waals surface area contributed by atoms with E-state index < -0.39 is 17.7 Å². The van der Waals surface area contributed by atoms with E-state index in [-0.39, 0.29) is 12.8 Å². The molecule has 5 heteroatoms. The van der Waals surface area contributed by atoms with Crippen molar-refractivity contribution in [2.75, 3.05) is 0 Å². The van der Waals surface area contributed by atoms with E-state index in [1.54, 1.807) is 0 Å². The Labute approximate surface area is 74.7 Å². The van der Waals surface area contributed by atoms with Crippen LogP contribution in [0.3, 0.4) is 0 Å². The average molecular weight is 186 g/mol. The predicted octanol–water partition coefficient (Wildman–Crippen LogP) is -0.176. The number of aldehydes is 2. The van der Waals surface area contributed by atoms with Crippen LogP contribution in [0.1, 0.15) is 19.3 Å². The quantitative estimate of drug-likeness (QED) is 0.258. The van der Waals surface area contributed by atoms with Crippen molar-refractivity contribution in [2.24, 2.45) is 5.92 Å². The van der Waals surface area contributed by atoms with E-state index in [0.717, 1.165) is 0 Å². The first-order valence-electron chi connectivity index (χ1n) is 3.79. The maximum atomic E-state index is 10.7. The molecule has 72 valence electrons. The molecule has 0 radical (unpaired) electrons. The fraction of sp³-hybridized carbons (Fsp3) is 0.500. The monoisotopic (exact) mass is 186 g/mol. The van der Waals surface area contributed by atoms with E-state index in [2.05, 4.69) is 0 Å². The van der Waals surface area contributed by atoms with E-state index >= 15 is 0 Å². The molecule has 13 heavy (non-hydrogen) atoms. The number of rotatable bonds is 7. The van der Waals surface area contributed by atoms with Crippen LogP contribution in [0.5, 0.6) is 0 Å². The van der Waals surface area contributed by atoms with Crippen molar-refractivity contribution in [3.63, 3.8) is 0 Å². The number of Topliss-reactive ketones (excluding diaryl/α,β-unsaturated/α-hetero) is 1. The third-order valence-corrected chi connectivity index (χ3v) is 1.55. The molecule has 0 bridgehead atoms. The van der Waals surface area contributed by atoms with Crippen LogP contribution in [0.2, 0.25) is 0 Å². The highest BCUT2D eigenvalue weighted by molar-refractivity contribution is 6.36. The second-order valence-electron chi connectivity index (χ2n) is 2.51. The molecule has 0 aliphatic heterocycles. The normalized spacial score (nSPS) is 11.7. The SMILES string of the molecule is O=CCCCC(C=O)C(=O)C(=O)O. The highest BCUT2D eigenvalue weighted by Gasteiger charge is 2.23. The second kappa shape index (κ2) is 6.05. The van der Waals surface area contributed by atoms with Gasteiger partial charge in [-0.05, 0) is 12.8 Å². The van der Waals surface area contributed by atoms with Crippen LogP contribution in [0.15, 0.2) is 0 Å². The lowest BCUT2D eigenvalue weighted by Gasteiger charge is -2.03. The Morgan fingerprint density at radius 2 is 1.92 bits per heavy atom. The second-order valence-corrected chi connectivity index (χ2v) is 2.51. The van der Waals surface area contributed by atoms with Gasteiger partial charge in [0.15, 0.2) is 0 Å². The summed E-state index contributed by atoms with van der Waals surface area (Å²) in [7, 11) is 0. The Bertz CT molecular complexity index is 221. The van der Waals surface area contributed by atoms with Gasteiger partial charge in [-0.3, -0.25) is 4.79 Å². The predicted molar refractivity (Wildman–Crippen MR) is 42.1 cm³/mol. The van der Waals surface area contributed by atoms with Gasteiger partial charge in [0.25, 0.3) is 0 Å². The molecule has 0 aromatic carbocycles. The van der Waals surface area contributed by atoms with Gasteiger partial charge in [-0.15, -0.1) is 0 Å². The lowest BCUT2D eigenvalue weighted by molar-refractivity contribution is -0.152. The molecule has 0 aromatic rings. The summed E-state index contributed by atoms with van der Waals surface area (Å²) in [6.07, 6.45) is 1.67. The summed E-state index contributed by atoms with van der Waals surface area (Å²) in [6, 6.07) is 0. The molecule has 0 rings (SSSR count). The first kappa shape index (κ1) is 11.5. The van der Waals surface area contributed by atoms with Crippen LogP contribution in [-0.4, -0.2) is 29.4 Å². The van der Waals surface area contributed by atoms with Crippen molar-refractivity contribution in [3.05, 3.63) is 0 Å². The standard InChI is InChI=1S/C8H10O5/c9-4-2-1-3-6(5-10)7(11)8(12)13/h4-6H,1-3H2,(H,12,13). The number of carbonyl (C=O) groups excluding carboxylic acids is 3. The number of aliphatic carboxylic acids is 1. The largest absolute Gasteiger partial charge is 0.475 e. The van der Waals surface area contributed by atoms with E-state index in [1.165, 1.54) is 0 Å². The number of hydrogen-bond acceptors (Lipinski definition) is 4. The number of carbonyl (C=O) groups is 4. The summed E-state index contributed by atoms with van der Waals surface area (Å²) in [5, 5.41) is 8.26. The Kier molecular flexibility index (Phi) is 5.34. The fourth-order valence-electron chi connectivity index (χ4n) is 0.841. The lowest BCUT2D eigenvalue weighted by atomic mass is 9.99. The van der Waals surface area contributed by atoms with E-state index in [0.29, 0.717) is 19.0 Å². The molecule has 1 N–H and O–H groups in total. The van der Waals surface area contributed by atoms with Crippen molar-refractivity contribution in [1.29, 1.82) is 0 Å². The third kappa shape index (κ3) is 4.15. The van der Waals surface area contributed by atoms with Crippen LogP contribution in [0.25, 0.3) is 0 Å². The molecule has 0 heterocycles. The van der Waals surface area contributed by atoms with Gasteiger partial charge in [0, 0.05) is 6.42 Å². The number of ketones is 1. The van der Waals surface area contributed by atoms with Gasteiger partial charge in [0.1, 0.15) is 12.6 Å². The minimum atomic E-state index is -1.61. The van der Waals surface area contributed by atoms with Gasteiger partial charge in [-0.1, -0.05) is 0 Å². The Morgan fingerprint density at radius 1 is 1.31 bits per heavy atom. The van der Waals surface area contributed by atoms with Gasteiger partial charge in [0.05, 0.1) is 5.92 Å². The Hall–Kier alpha value is -1.52. The summed E-state index contributed by atoms with van der Waals surface area (Å²) in [5.74, 6) is -3.83. The van der Waals surface area contributed by atoms with Crippen molar-refractivity contribution in [2.45, 2.75) is 19.3 Å². The Morgan fingerprint density at radius 3 is 2.31 bits per heavy atom. The van der Waals surface area contributed by atoms with Gasteiger partial charge in [-0.25, -0.2) is 4.79 Å². The lowest BCUT2D eigenvalue weighted by Crippen LogP contribution is -2.24. The van der Waals surface area contributed by atoms with Gasteiger partial charge in [-0.2, -0.15) is 0 Å². The first-order valence-corrected chi connectivity index (χ1v) is 3.79. The van der Waals surface area contributed by atoms with Crippen LogP contribution in [-0.2, 0) is 19.2 Å². The molecule has 0 aliphatic rings. The van der Waals surface area contributed by atoms with Crippen molar-refractivity contribution < 1.29 is 24.3 Å². The molecular formula is C8H10O5. The Balaban J connectivity index is 4.02. The van der Waals surface area contributed by atoms with Crippen LogP contribution < -0.4 is 0 Å². The van der Waals surface area contributed by atoms with Crippen molar-refractivity contribution >= 4 is 24.3 Å². The van der Waals surface area contributed by atoms with Crippen molar-refractivity contribution in [3.8, 4) is 0 Å². The molecule has 0 amide bonds. The molecule has 0 aromatic heterocycles. The highest BCUT2D eigenvalue weighted by Crippen LogP contribution is 2.06. The molecule has 0 aliphatic carbocycles. The summed E-state index contributed by atoms with van der Waals surface area (Å²) in [5.41, 5.74) is 0. The smallest absolute Gasteiger partial charge is 0.372 e. The van der Waals surface area contributed by atoms with Crippen molar-refractivity contribution in [1.82, 2.24) is 0 Å². The zero-order chi connectivity index (χ0) is 10.3. The van der Waals surface area contributed by atoms with Gasteiger partial charge in [0.2, 0.25) is 5.78 Å². The zero-order valence-corrected chi connectivity index (χ0v) is 6.93. The molecule has 1 unspecified atom stereocenters. The number of carboxylic acids is 1. The van der Waals surface area contributed by atoms with Gasteiger partial charge < -0.3 is 14.7 Å². The average Bonchev–Trinajstić information content (AvgIpc) is 2.11. The van der Waals surface area contributed by atoms with E-state index in [4.69, 9.17) is 5.11 Å². The molecule has 0 spiro atoms. The fourth-order valence-corrected chi connectivity index (χ4v) is 0.841. The first-order chi connectivity index (χ1) is 6.13. The van der Waals surface area contributed by atoms with Crippen LogP contribution >= 0.6 is 0 Å². The zero-order valence-electron chi connectivity index (χ0n) is 6.93. The molecule has 0 fully saturated rings. The maximum absolute atomic E-state index is 10.7. The molecule has 0 saturated carbocycles. The summed E-state index contributed by atoms with van der Waals surface area (Å²) < 4.78 is 0. The molecule has 5 nitrogen and oxygen atoms in total. The number of carboxylic acid groups (broad SMARTS) is 1. The third-order valence-electron chi connectivity index (χ3n) is 1.55. The highest BCUT2D eigenvalue weighted by atomic mass is 16.4. The van der Waals surface area contributed by atoms with E-state index in [1.807, 2.05) is 0 Å². The number of unbranched alkanes of at least 4 members (excludes halogenated alkanes) is 1. The molecule has 0 saturated heterocycles. The summed E-state index contributed by atoms with van der Waals surface area (Å²) in [4.78, 5) is 41.1. The van der Waals surface area contributed by atoms with Crippen LogP contribution in [0.4, 0.5) is 0 Å². The summed E-state index contributed by atoms with van der Waals surface area (Å²) >= 11 is 0. The van der Waals surface area contributed by atoms with Gasteiger partial charge >= 0.3 is 5.97 Å². The maximum Gasteiger partial charge on any atom is 0.372 e. The molecular weight excluding hydrogens is 176 g/mol. The summed E-state index contributed by atoms with van der Waals surface area (Å²) in [6.45, 7) is 0. The minimum Gasteiger partial charge on any atom is -0.475 e. The molecule has 1 atom stereocenters. The minimum absolute atomic E-state index is 0.118. The topological polar surface area (TPSA) is 88.5 Å².